The molecule has 0 aromatic heterocycles. The molecule has 0 spiro atoms. The fourth-order valence-electron chi connectivity index (χ4n) is 3.19. The van der Waals surface area contributed by atoms with Crippen LogP contribution in [0.4, 0.5) is 8.78 Å². The molecule has 0 nitrogen and oxygen atoms in total. The summed E-state index contributed by atoms with van der Waals surface area (Å²) in [7, 11) is 0. The standard InChI is InChI=1S/C20H26F2/c1-3-5-6-8-15-9-11-16(12-10-15)18-14-13-17(7-4-2)19(21)20(18)22/h3,5,11,13-15H,4,6-10,12H2,1-2H3. The lowest BCUT2D eigenvalue weighted by molar-refractivity contribution is 0.451. The van der Waals surface area contributed by atoms with Crippen molar-refractivity contribution in [1.29, 1.82) is 0 Å². The van der Waals surface area contributed by atoms with E-state index in [9.17, 15) is 8.78 Å². The van der Waals surface area contributed by atoms with Crippen LogP contribution in [-0.4, -0.2) is 0 Å². The number of halogens is 2. The Morgan fingerprint density at radius 2 is 2.05 bits per heavy atom. The second-order valence-electron chi connectivity index (χ2n) is 6.17. The zero-order chi connectivity index (χ0) is 15.9. The summed E-state index contributed by atoms with van der Waals surface area (Å²) in [6, 6.07) is 3.51. The highest BCUT2D eigenvalue weighted by Crippen LogP contribution is 2.34. The molecule has 2 heteroatoms. The van der Waals surface area contributed by atoms with Crippen LogP contribution < -0.4 is 0 Å². The van der Waals surface area contributed by atoms with Crippen LogP contribution in [0, 0.1) is 17.6 Å². The summed E-state index contributed by atoms with van der Waals surface area (Å²) in [5.41, 5.74) is 1.93. The van der Waals surface area contributed by atoms with Gasteiger partial charge in [0.15, 0.2) is 11.6 Å². The summed E-state index contributed by atoms with van der Waals surface area (Å²) in [6.45, 7) is 4.02. The van der Waals surface area contributed by atoms with Crippen molar-refractivity contribution in [3.8, 4) is 0 Å². The second-order valence-corrected chi connectivity index (χ2v) is 6.17. The van der Waals surface area contributed by atoms with Gasteiger partial charge >= 0.3 is 0 Å². The monoisotopic (exact) mass is 304 g/mol. The van der Waals surface area contributed by atoms with Crippen LogP contribution in [0.15, 0.2) is 30.4 Å². The number of allylic oxidation sites excluding steroid dienone is 4. The average molecular weight is 304 g/mol. The fourth-order valence-corrected chi connectivity index (χ4v) is 3.19. The molecule has 0 saturated carbocycles. The molecule has 22 heavy (non-hydrogen) atoms. The van der Waals surface area contributed by atoms with E-state index in [0.717, 1.165) is 37.7 Å². The van der Waals surface area contributed by atoms with Gasteiger partial charge in [0.1, 0.15) is 0 Å². The Labute approximate surface area is 132 Å². The Bertz CT molecular complexity index is 555. The minimum Gasteiger partial charge on any atom is -0.203 e. The van der Waals surface area contributed by atoms with E-state index in [4.69, 9.17) is 0 Å². The molecule has 0 N–H and O–H groups in total. The van der Waals surface area contributed by atoms with Gasteiger partial charge in [-0.15, -0.1) is 0 Å². The van der Waals surface area contributed by atoms with Crippen LogP contribution >= 0.6 is 0 Å². The number of aryl methyl sites for hydroxylation is 1. The number of hydrogen-bond acceptors (Lipinski definition) is 0. The Morgan fingerprint density at radius 1 is 1.23 bits per heavy atom. The van der Waals surface area contributed by atoms with Crippen molar-refractivity contribution in [2.45, 2.75) is 58.8 Å². The summed E-state index contributed by atoms with van der Waals surface area (Å²) < 4.78 is 28.4. The van der Waals surface area contributed by atoms with E-state index in [1.807, 2.05) is 13.8 Å². The van der Waals surface area contributed by atoms with Gasteiger partial charge in [0.25, 0.3) is 0 Å². The molecular weight excluding hydrogens is 278 g/mol. The Hall–Kier alpha value is -1.44. The highest BCUT2D eigenvalue weighted by atomic mass is 19.2. The Kier molecular flexibility index (Phi) is 6.35. The maximum atomic E-state index is 14.3. The third-order valence-electron chi connectivity index (χ3n) is 4.52. The van der Waals surface area contributed by atoms with E-state index in [0.29, 0.717) is 23.5 Å². The van der Waals surface area contributed by atoms with Gasteiger partial charge in [0.05, 0.1) is 0 Å². The Morgan fingerprint density at radius 3 is 2.68 bits per heavy atom. The van der Waals surface area contributed by atoms with Crippen LogP contribution in [0.1, 0.15) is 63.5 Å². The van der Waals surface area contributed by atoms with Gasteiger partial charge in [0.2, 0.25) is 0 Å². The van der Waals surface area contributed by atoms with Crippen molar-refractivity contribution in [1.82, 2.24) is 0 Å². The zero-order valence-electron chi connectivity index (χ0n) is 13.7. The van der Waals surface area contributed by atoms with Crippen LogP contribution in [0.3, 0.4) is 0 Å². The highest BCUT2D eigenvalue weighted by molar-refractivity contribution is 5.67. The van der Waals surface area contributed by atoms with Crippen molar-refractivity contribution in [3.63, 3.8) is 0 Å². The van der Waals surface area contributed by atoms with Gasteiger partial charge < -0.3 is 0 Å². The molecule has 1 aliphatic rings. The first-order chi connectivity index (χ1) is 10.7. The lowest BCUT2D eigenvalue weighted by atomic mass is 9.84. The van der Waals surface area contributed by atoms with E-state index >= 15 is 0 Å². The van der Waals surface area contributed by atoms with Gasteiger partial charge in [-0.25, -0.2) is 8.78 Å². The lowest BCUT2D eigenvalue weighted by Crippen LogP contribution is -2.07. The van der Waals surface area contributed by atoms with Gasteiger partial charge in [-0.3, -0.25) is 0 Å². The van der Waals surface area contributed by atoms with E-state index in [2.05, 4.69) is 18.2 Å². The molecule has 0 bridgehead atoms. The maximum absolute atomic E-state index is 14.3. The molecule has 0 heterocycles. The summed E-state index contributed by atoms with van der Waals surface area (Å²) in [4.78, 5) is 0. The zero-order valence-corrected chi connectivity index (χ0v) is 13.7. The predicted octanol–water partition coefficient (Wildman–Crippen LogP) is 6.46. The molecule has 1 atom stereocenters. The second kappa shape index (κ2) is 8.26. The molecular formula is C20H26F2. The first-order valence-electron chi connectivity index (χ1n) is 8.44. The molecule has 1 aliphatic carbocycles. The normalized spacial score (nSPS) is 18.7. The van der Waals surface area contributed by atoms with E-state index in [1.165, 1.54) is 6.42 Å². The molecule has 120 valence electrons. The molecule has 0 saturated heterocycles. The summed E-state index contributed by atoms with van der Waals surface area (Å²) in [5, 5.41) is 0. The van der Waals surface area contributed by atoms with Crippen molar-refractivity contribution >= 4 is 5.57 Å². The van der Waals surface area contributed by atoms with Crippen molar-refractivity contribution in [3.05, 3.63) is 53.1 Å². The molecule has 0 amide bonds. The molecule has 0 aliphatic heterocycles. The van der Waals surface area contributed by atoms with Crippen molar-refractivity contribution < 1.29 is 8.78 Å². The first-order valence-corrected chi connectivity index (χ1v) is 8.44. The van der Waals surface area contributed by atoms with Gasteiger partial charge in [-0.05, 0) is 62.5 Å². The molecule has 0 fully saturated rings. The largest absolute Gasteiger partial charge is 0.203 e. The van der Waals surface area contributed by atoms with Crippen LogP contribution in [0.5, 0.6) is 0 Å². The van der Waals surface area contributed by atoms with Crippen molar-refractivity contribution in [2.75, 3.05) is 0 Å². The van der Waals surface area contributed by atoms with Gasteiger partial charge in [-0.2, -0.15) is 0 Å². The van der Waals surface area contributed by atoms with E-state index in [1.54, 1.807) is 12.1 Å². The molecule has 1 aromatic rings. The molecule has 1 aromatic carbocycles. The molecule has 1 unspecified atom stereocenters. The van der Waals surface area contributed by atoms with Gasteiger partial charge in [-0.1, -0.05) is 43.7 Å². The predicted molar refractivity (Wildman–Crippen MR) is 89.7 cm³/mol. The molecule has 2 rings (SSSR count). The van der Waals surface area contributed by atoms with Crippen LogP contribution in [0.25, 0.3) is 5.57 Å². The van der Waals surface area contributed by atoms with E-state index in [-0.39, 0.29) is 0 Å². The number of hydrogen-bond donors (Lipinski definition) is 0. The summed E-state index contributed by atoms with van der Waals surface area (Å²) in [5.74, 6) is -0.646. The summed E-state index contributed by atoms with van der Waals surface area (Å²) >= 11 is 0. The maximum Gasteiger partial charge on any atom is 0.166 e. The third-order valence-corrected chi connectivity index (χ3v) is 4.52. The third kappa shape index (κ3) is 4.06. The van der Waals surface area contributed by atoms with E-state index < -0.39 is 11.6 Å². The Balaban J connectivity index is 2.08. The minimum atomic E-state index is -0.662. The average Bonchev–Trinajstić information content (AvgIpc) is 2.53. The summed E-state index contributed by atoms with van der Waals surface area (Å²) in [6.07, 6.45) is 13.0. The lowest BCUT2D eigenvalue weighted by Gasteiger charge is -2.22. The van der Waals surface area contributed by atoms with Crippen LogP contribution in [-0.2, 0) is 6.42 Å². The fraction of sp³-hybridized carbons (Fsp3) is 0.500. The highest BCUT2D eigenvalue weighted by Gasteiger charge is 2.20. The smallest absolute Gasteiger partial charge is 0.166 e. The first kappa shape index (κ1) is 16.9. The van der Waals surface area contributed by atoms with Crippen LogP contribution in [0.2, 0.25) is 0 Å². The number of rotatable bonds is 6. The molecule has 0 radical (unpaired) electrons. The van der Waals surface area contributed by atoms with Crippen molar-refractivity contribution in [2.24, 2.45) is 5.92 Å². The number of benzene rings is 1. The SMILES string of the molecule is CC=CCCC1CC=C(c2ccc(CCC)c(F)c2F)CC1. The van der Waals surface area contributed by atoms with Gasteiger partial charge in [0, 0.05) is 5.56 Å². The minimum absolute atomic E-state index is 0.462. The topological polar surface area (TPSA) is 0 Å². The quantitative estimate of drug-likeness (QED) is 0.529.